The predicted molar refractivity (Wildman–Crippen MR) is 69.3 cm³/mol. The Morgan fingerprint density at radius 3 is 2.16 bits per heavy atom. The molecule has 1 fully saturated rings. The summed E-state index contributed by atoms with van der Waals surface area (Å²) in [6.45, 7) is 1.36. The van der Waals surface area contributed by atoms with Gasteiger partial charge in [0.2, 0.25) is 0 Å². The highest BCUT2D eigenvalue weighted by molar-refractivity contribution is 5.95. The first-order chi connectivity index (χ1) is 9.11. The molecule has 1 heterocycles. The van der Waals surface area contributed by atoms with Crippen LogP contribution in [0.5, 0.6) is 0 Å². The van der Waals surface area contributed by atoms with Crippen molar-refractivity contribution in [2.75, 3.05) is 20.2 Å². The van der Waals surface area contributed by atoms with Crippen LogP contribution in [-0.4, -0.2) is 48.2 Å². The second-order valence-corrected chi connectivity index (χ2v) is 4.61. The van der Waals surface area contributed by atoms with E-state index in [9.17, 15) is 9.59 Å². The Morgan fingerprint density at radius 1 is 1.16 bits per heavy atom. The molecule has 0 atom stereocenters. The minimum atomic E-state index is -0.986. The average molecular weight is 263 g/mol. The van der Waals surface area contributed by atoms with Gasteiger partial charge in [0.05, 0.1) is 11.7 Å². The topological polar surface area (TPSA) is 66.8 Å². The number of carbonyl (C=O) groups is 2. The lowest BCUT2D eigenvalue weighted by Crippen LogP contribution is -2.40. The van der Waals surface area contributed by atoms with Gasteiger partial charge in [0.15, 0.2) is 0 Å². The van der Waals surface area contributed by atoms with Crippen LogP contribution in [0.25, 0.3) is 0 Å². The van der Waals surface area contributed by atoms with Gasteiger partial charge in [-0.2, -0.15) is 0 Å². The summed E-state index contributed by atoms with van der Waals surface area (Å²) in [5.74, 6) is -1.04. The maximum Gasteiger partial charge on any atom is 0.335 e. The fourth-order valence-electron chi connectivity index (χ4n) is 2.23. The molecular weight excluding hydrogens is 246 g/mol. The Morgan fingerprint density at radius 2 is 1.68 bits per heavy atom. The molecule has 0 aromatic heterocycles. The lowest BCUT2D eigenvalue weighted by molar-refractivity contribution is 0.0350. The molecule has 0 bridgehead atoms. The summed E-state index contributed by atoms with van der Waals surface area (Å²) in [5.41, 5.74) is 0.718. The lowest BCUT2D eigenvalue weighted by atomic mass is 10.1. The maximum absolute atomic E-state index is 12.2. The van der Waals surface area contributed by atoms with Gasteiger partial charge >= 0.3 is 5.97 Å². The molecule has 5 nitrogen and oxygen atoms in total. The van der Waals surface area contributed by atoms with Crippen molar-refractivity contribution in [1.82, 2.24) is 4.90 Å². The Bertz CT molecular complexity index is 461. The highest BCUT2D eigenvalue weighted by atomic mass is 16.5. The van der Waals surface area contributed by atoms with Crippen molar-refractivity contribution in [3.63, 3.8) is 0 Å². The number of carbonyl (C=O) groups excluding carboxylic acids is 1. The van der Waals surface area contributed by atoms with Crippen molar-refractivity contribution in [2.24, 2.45) is 0 Å². The number of carboxylic acids is 1. The summed E-state index contributed by atoms with van der Waals surface area (Å²) in [6.07, 6.45) is 1.92. The standard InChI is InChI=1S/C14H17NO4/c1-19-12-6-8-15(9-7-12)13(16)10-2-4-11(5-3-10)14(17)18/h2-5,12H,6-9H2,1H3,(H,17,18). The van der Waals surface area contributed by atoms with Crippen molar-refractivity contribution in [3.8, 4) is 0 Å². The quantitative estimate of drug-likeness (QED) is 0.900. The van der Waals surface area contributed by atoms with Gasteiger partial charge in [0.25, 0.3) is 5.91 Å². The van der Waals surface area contributed by atoms with E-state index in [1.165, 1.54) is 12.1 Å². The number of carboxylic acid groups (broad SMARTS) is 1. The molecule has 1 amide bonds. The summed E-state index contributed by atoms with van der Waals surface area (Å²) in [4.78, 5) is 24.7. The van der Waals surface area contributed by atoms with E-state index in [4.69, 9.17) is 9.84 Å². The van der Waals surface area contributed by atoms with E-state index < -0.39 is 5.97 Å². The number of benzene rings is 1. The molecule has 1 aliphatic rings. The molecule has 1 saturated heterocycles. The third-order valence-electron chi connectivity index (χ3n) is 3.44. The number of nitrogens with zero attached hydrogens (tertiary/aromatic N) is 1. The largest absolute Gasteiger partial charge is 0.478 e. The van der Waals surface area contributed by atoms with Gasteiger partial charge in [-0.25, -0.2) is 4.79 Å². The molecule has 0 saturated carbocycles. The monoisotopic (exact) mass is 263 g/mol. The van der Waals surface area contributed by atoms with Crippen LogP contribution in [0, 0.1) is 0 Å². The molecule has 102 valence electrons. The molecule has 1 aromatic carbocycles. The molecule has 0 radical (unpaired) electrons. The minimum Gasteiger partial charge on any atom is -0.478 e. The molecule has 19 heavy (non-hydrogen) atoms. The Hall–Kier alpha value is -1.88. The predicted octanol–water partition coefficient (Wildman–Crippen LogP) is 1.64. The Kier molecular flexibility index (Phi) is 4.16. The normalized spacial score (nSPS) is 16.4. The number of methoxy groups -OCH3 is 1. The number of hydrogen-bond acceptors (Lipinski definition) is 3. The summed E-state index contributed by atoms with van der Waals surface area (Å²) < 4.78 is 5.26. The third kappa shape index (κ3) is 3.12. The zero-order valence-corrected chi connectivity index (χ0v) is 10.8. The SMILES string of the molecule is COC1CCN(C(=O)c2ccc(C(=O)O)cc2)CC1. The Labute approximate surface area is 111 Å². The summed E-state index contributed by atoms with van der Waals surface area (Å²) >= 11 is 0. The molecule has 1 aliphatic heterocycles. The zero-order valence-electron chi connectivity index (χ0n) is 10.8. The van der Waals surface area contributed by atoms with Gasteiger partial charge in [-0.3, -0.25) is 4.79 Å². The van der Waals surface area contributed by atoms with Crippen LogP contribution in [-0.2, 0) is 4.74 Å². The van der Waals surface area contributed by atoms with E-state index in [1.807, 2.05) is 0 Å². The first-order valence-corrected chi connectivity index (χ1v) is 6.27. The van der Waals surface area contributed by atoms with E-state index in [2.05, 4.69) is 0 Å². The van der Waals surface area contributed by atoms with Crippen LogP contribution < -0.4 is 0 Å². The van der Waals surface area contributed by atoms with Gasteiger partial charge < -0.3 is 14.7 Å². The van der Waals surface area contributed by atoms with Crippen molar-refractivity contribution >= 4 is 11.9 Å². The summed E-state index contributed by atoms with van der Waals surface area (Å²) in [5, 5.41) is 8.81. The van der Waals surface area contributed by atoms with Gasteiger partial charge in [0, 0.05) is 25.8 Å². The maximum atomic E-state index is 12.2. The van der Waals surface area contributed by atoms with Crippen LogP contribution >= 0.6 is 0 Å². The highest BCUT2D eigenvalue weighted by Crippen LogP contribution is 2.16. The average Bonchev–Trinajstić information content (AvgIpc) is 2.46. The first kappa shape index (κ1) is 13.5. The number of piperidine rings is 1. The van der Waals surface area contributed by atoms with E-state index in [-0.39, 0.29) is 17.6 Å². The summed E-state index contributed by atoms with van der Waals surface area (Å²) in [6, 6.07) is 6.04. The first-order valence-electron chi connectivity index (χ1n) is 6.27. The minimum absolute atomic E-state index is 0.0495. The fourth-order valence-corrected chi connectivity index (χ4v) is 2.23. The molecule has 1 aromatic rings. The van der Waals surface area contributed by atoms with Crippen molar-refractivity contribution in [1.29, 1.82) is 0 Å². The zero-order chi connectivity index (χ0) is 13.8. The van der Waals surface area contributed by atoms with Crippen molar-refractivity contribution in [2.45, 2.75) is 18.9 Å². The molecule has 0 spiro atoms. The molecular formula is C14H17NO4. The second kappa shape index (κ2) is 5.84. The van der Waals surface area contributed by atoms with Gasteiger partial charge in [0.1, 0.15) is 0 Å². The van der Waals surface area contributed by atoms with Crippen LogP contribution in [0.4, 0.5) is 0 Å². The van der Waals surface area contributed by atoms with E-state index >= 15 is 0 Å². The summed E-state index contributed by atoms with van der Waals surface area (Å²) in [7, 11) is 1.69. The smallest absolute Gasteiger partial charge is 0.335 e. The van der Waals surface area contributed by atoms with Crippen molar-refractivity contribution < 1.29 is 19.4 Å². The Balaban J connectivity index is 2.02. The third-order valence-corrected chi connectivity index (χ3v) is 3.44. The number of rotatable bonds is 3. The van der Waals surface area contributed by atoms with E-state index in [0.717, 1.165) is 12.8 Å². The lowest BCUT2D eigenvalue weighted by Gasteiger charge is -2.31. The van der Waals surface area contributed by atoms with Gasteiger partial charge in [-0.1, -0.05) is 0 Å². The number of likely N-dealkylation sites (tertiary alicyclic amines) is 1. The van der Waals surface area contributed by atoms with E-state index in [1.54, 1.807) is 24.1 Å². The van der Waals surface area contributed by atoms with Crippen LogP contribution in [0.3, 0.4) is 0 Å². The van der Waals surface area contributed by atoms with Crippen molar-refractivity contribution in [3.05, 3.63) is 35.4 Å². The molecule has 2 rings (SSSR count). The molecule has 1 N–H and O–H groups in total. The van der Waals surface area contributed by atoms with Gasteiger partial charge in [-0.05, 0) is 37.1 Å². The number of amides is 1. The highest BCUT2D eigenvalue weighted by Gasteiger charge is 2.23. The molecule has 0 unspecified atom stereocenters. The van der Waals surface area contributed by atoms with Gasteiger partial charge in [-0.15, -0.1) is 0 Å². The number of aromatic carboxylic acids is 1. The molecule has 5 heteroatoms. The van der Waals surface area contributed by atoms with E-state index in [0.29, 0.717) is 18.7 Å². The van der Waals surface area contributed by atoms with Crippen LogP contribution in [0.1, 0.15) is 33.6 Å². The van der Waals surface area contributed by atoms with Crippen LogP contribution in [0.2, 0.25) is 0 Å². The second-order valence-electron chi connectivity index (χ2n) is 4.61. The molecule has 0 aliphatic carbocycles. The van der Waals surface area contributed by atoms with Crippen LogP contribution in [0.15, 0.2) is 24.3 Å². The fraction of sp³-hybridized carbons (Fsp3) is 0.429. The number of hydrogen-bond donors (Lipinski definition) is 1. The number of ether oxygens (including phenoxy) is 1.